The molecule has 0 saturated heterocycles. The van der Waals surface area contributed by atoms with E-state index in [4.69, 9.17) is 4.42 Å². The Morgan fingerprint density at radius 2 is 1.64 bits per heavy atom. The number of furan rings is 1. The van der Waals surface area contributed by atoms with Crippen LogP contribution in [-0.2, 0) is 37.4 Å². The Hall–Kier alpha value is -4.59. The van der Waals surface area contributed by atoms with E-state index in [1.807, 2.05) is 50.2 Å². The lowest BCUT2D eigenvalue weighted by Gasteiger charge is -2.21. The van der Waals surface area contributed by atoms with Gasteiger partial charge in [-0.25, -0.2) is 13.8 Å². The molecule has 0 bridgehead atoms. The van der Waals surface area contributed by atoms with Crippen molar-refractivity contribution in [2.75, 3.05) is 18.4 Å². The Kier molecular flexibility index (Phi) is 11.4. The number of halogens is 1. The van der Waals surface area contributed by atoms with Gasteiger partial charge in [0.1, 0.15) is 11.5 Å². The Morgan fingerprint density at radius 3 is 2.36 bits per heavy atom. The maximum atomic E-state index is 13.4. The summed E-state index contributed by atoms with van der Waals surface area (Å²) < 4.78 is 34.2. The van der Waals surface area contributed by atoms with Crippen LogP contribution in [0.1, 0.15) is 28.2 Å². The van der Waals surface area contributed by atoms with E-state index in [2.05, 4.69) is 37.1 Å². The number of aryl methyl sites for hydroxylation is 2. The van der Waals surface area contributed by atoms with Crippen LogP contribution in [0.25, 0.3) is 0 Å². The zero-order valence-electron chi connectivity index (χ0n) is 24.6. The quantitative estimate of drug-likeness (QED) is 0.114. The second-order valence-electron chi connectivity index (χ2n) is 10.1. The lowest BCUT2D eigenvalue weighted by atomic mass is 10.1. The molecule has 0 saturated carbocycles. The van der Waals surface area contributed by atoms with Crippen LogP contribution in [0.5, 0.6) is 0 Å². The number of carbonyl (C=O) groups is 3. The normalized spacial score (nSPS) is 11.5. The maximum absolute atomic E-state index is 13.4. The third-order valence-electron chi connectivity index (χ3n) is 6.72. The van der Waals surface area contributed by atoms with Crippen LogP contribution in [-0.4, -0.2) is 49.7 Å². The van der Waals surface area contributed by atoms with Gasteiger partial charge in [-0.1, -0.05) is 52.3 Å². The van der Waals surface area contributed by atoms with Gasteiger partial charge in [-0.15, -0.1) is 0 Å². The third-order valence-corrected chi connectivity index (χ3v) is 9.11. The van der Waals surface area contributed by atoms with Crippen molar-refractivity contribution in [3.8, 4) is 0 Å². The van der Waals surface area contributed by atoms with Gasteiger partial charge < -0.3 is 15.1 Å². The monoisotopic (exact) mass is 693 g/mol. The number of carbonyl (C=O) groups excluding carboxylic acids is 3. The van der Waals surface area contributed by atoms with E-state index < -0.39 is 34.3 Å². The highest BCUT2D eigenvalue weighted by Crippen LogP contribution is 2.19. The summed E-state index contributed by atoms with van der Waals surface area (Å²) in [5, 5.41) is 8.92. The summed E-state index contributed by atoms with van der Waals surface area (Å²) >= 11 is 3.30. The van der Waals surface area contributed by atoms with Crippen LogP contribution in [0, 0.1) is 13.8 Å². The molecule has 4 rings (SSSR count). The van der Waals surface area contributed by atoms with Gasteiger partial charge in [0.15, 0.2) is 0 Å². The fourth-order valence-electron chi connectivity index (χ4n) is 4.12. The first kappa shape index (κ1) is 33.3. The standard InChI is InChI=1S/C32H32BrN5O6S/c1-22-8-11-26(18-23(22)2)36-32(41)31(40)34-19-27-12-13-28(44-27)20-35-37-30(39)21-38(17-16-24-6-4-3-5-7-24)45(42,43)29-14-9-25(33)10-15-29/h3-15,18,20H,16-17,19,21H2,1-2H3,(H,34,40)(H,36,41)(H,37,39)/b35-20-. The molecule has 3 aromatic carbocycles. The smallest absolute Gasteiger partial charge is 0.313 e. The molecule has 0 spiro atoms. The van der Waals surface area contributed by atoms with Crippen molar-refractivity contribution in [3.63, 3.8) is 0 Å². The molecule has 234 valence electrons. The van der Waals surface area contributed by atoms with Crippen molar-refractivity contribution in [3.05, 3.63) is 118 Å². The summed E-state index contributed by atoms with van der Waals surface area (Å²) in [6, 6.07) is 24.1. The van der Waals surface area contributed by atoms with Gasteiger partial charge in [0.05, 0.1) is 24.2 Å². The van der Waals surface area contributed by atoms with Gasteiger partial charge in [-0.2, -0.15) is 9.41 Å². The van der Waals surface area contributed by atoms with Crippen molar-refractivity contribution in [2.45, 2.75) is 31.7 Å². The number of benzene rings is 3. The highest BCUT2D eigenvalue weighted by molar-refractivity contribution is 9.10. The minimum Gasteiger partial charge on any atom is -0.458 e. The molecule has 0 radical (unpaired) electrons. The van der Waals surface area contributed by atoms with Crippen molar-refractivity contribution >= 4 is 55.6 Å². The van der Waals surface area contributed by atoms with E-state index in [9.17, 15) is 22.8 Å². The average molecular weight is 695 g/mol. The summed E-state index contributed by atoms with van der Waals surface area (Å²) in [5.41, 5.74) is 5.83. The van der Waals surface area contributed by atoms with Crippen molar-refractivity contribution in [2.24, 2.45) is 5.10 Å². The van der Waals surface area contributed by atoms with Crippen LogP contribution in [0.3, 0.4) is 0 Å². The number of hydrazone groups is 1. The number of rotatable bonds is 12. The molecule has 0 aliphatic carbocycles. The van der Waals surface area contributed by atoms with Crippen LogP contribution >= 0.6 is 15.9 Å². The summed E-state index contributed by atoms with van der Waals surface area (Å²) in [4.78, 5) is 37.3. The van der Waals surface area contributed by atoms with Gasteiger partial charge >= 0.3 is 11.8 Å². The molecule has 0 fully saturated rings. The first-order valence-electron chi connectivity index (χ1n) is 13.9. The number of nitrogens with one attached hydrogen (secondary N) is 3. The molecule has 0 aliphatic rings. The number of amides is 3. The third kappa shape index (κ3) is 9.70. The van der Waals surface area contributed by atoms with E-state index in [-0.39, 0.29) is 23.7 Å². The molecule has 1 heterocycles. The summed E-state index contributed by atoms with van der Waals surface area (Å²) in [5.74, 6) is -1.67. The van der Waals surface area contributed by atoms with E-state index in [1.54, 1.807) is 36.4 Å². The molecule has 1 aromatic heterocycles. The van der Waals surface area contributed by atoms with Gasteiger partial charge in [0.2, 0.25) is 10.0 Å². The van der Waals surface area contributed by atoms with Crippen LogP contribution < -0.4 is 16.1 Å². The number of nitrogens with zero attached hydrogens (tertiary/aromatic N) is 2. The molecular weight excluding hydrogens is 662 g/mol. The van der Waals surface area contributed by atoms with Crippen LogP contribution in [0.15, 0.2) is 104 Å². The van der Waals surface area contributed by atoms with Crippen molar-refractivity contribution in [1.29, 1.82) is 0 Å². The molecule has 0 unspecified atom stereocenters. The maximum Gasteiger partial charge on any atom is 0.313 e. The number of hydrogen-bond acceptors (Lipinski definition) is 7. The summed E-state index contributed by atoms with van der Waals surface area (Å²) in [6.45, 7) is 3.43. The fourth-order valence-corrected chi connectivity index (χ4v) is 5.78. The number of anilines is 1. The zero-order chi connectivity index (χ0) is 32.4. The van der Waals surface area contributed by atoms with E-state index in [0.29, 0.717) is 17.9 Å². The molecule has 3 N–H and O–H groups in total. The van der Waals surface area contributed by atoms with Crippen LogP contribution in [0.2, 0.25) is 0 Å². The van der Waals surface area contributed by atoms with Crippen LogP contribution in [0.4, 0.5) is 5.69 Å². The predicted octanol–water partition coefficient (Wildman–Crippen LogP) is 4.30. The highest BCUT2D eigenvalue weighted by Gasteiger charge is 2.26. The summed E-state index contributed by atoms with van der Waals surface area (Å²) in [6.07, 6.45) is 1.65. The number of sulfonamides is 1. The van der Waals surface area contributed by atoms with Gasteiger partial charge in [0, 0.05) is 16.7 Å². The minimum absolute atomic E-state index is 0.0519. The second kappa shape index (κ2) is 15.4. The Morgan fingerprint density at radius 1 is 0.911 bits per heavy atom. The fraction of sp³-hybridized carbons (Fsp3) is 0.188. The van der Waals surface area contributed by atoms with E-state index >= 15 is 0 Å². The zero-order valence-corrected chi connectivity index (χ0v) is 27.0. The molecule has 0 aliphatic heterocycles. The molecular formula is C32H32BrN5O6S. The molecule has 4 aromatic rings. The lowest BCUT2D eigenvalue weighted by molar-refractivity contribution is -0.136. The SMILES string of the molecule is Cc1ccc(NC(=O)C(=O)NCc2ccc(/C=N\NC(=O)CN(CCc3ccccc3)S(=O)(=O)c3ccc(Br)cc3)o2)cc1C. The Labute approximate surface area is 269 Å². The van der Waals surface area contributed by atoms with Gasteiger partial charge in [-0.3, -0.25) is 14.4 Å². The lowest BCUT2D eigenvalue weighted by Crippen LogP contribution is -2.40. The van der Waals surface area contributed by atoms with Gasteiger partial charge in [0.25, 0.3) is 5.91 Å². The highest BCUT2D eigenvalue weighted by atomic mass is 79.9. The molecule has 45 heavy (non-hydrogen) atoms. The Bertz CT molecular complexity index is 1790. The van der Waals surface area contributed by atoms with E-state index in [1.165, 1.54) is 18.3 Å². The first-order valence-corrected chi connectivity index (χ1v) is 16.1. The second-order valence-corrected chi connectivity index (χ2v) is 12.9. The molecule has 13 heteroatoms. The van der Waals surface area contributed by atoms with Crippen molar-refractivity contribution < 1.29 is 27.2 Å². The molecule has 3 amide bonds. The molecule has 11 nitrogen and oxygen atoms in total. The molecule has 0 atom stereocenters. The predicted molar refractivity (Wildman–Crippen MR) is 174 cm³/mol. The minimum atomic E-state index is -3.98. The Balaban J connectivity index is 1.31. The summed E-state index contributed by atoms with van der Waals surface area (Å²) in [7, 11) is -3.98. The van der Waals surface area contributed by atoms with E-state index in [0.717, 1.165) is 25.5 Å². The van der Waals surface area contributed by atoms with Gasteiger partial charge in [-0.05, 0) is 85.5 Å². The average Bonchev–Trinajstić information content (AvgIpc) is 3.48. The largest absolute Gasteiger partial charge is 0.458 e. The topological polar surface area (TPSA) is 150 Å². The number of hydrogen-bond donors (Lipinski definition) is 3. The first-order chi connectivity index (χ1) is 21.5. The van der Waals surface area contributed by atoms with Crippen molar-refractivity contribution in [1.82, 2.24) is 15.0 Å².